The van der Waals surface area contributed by atoms with Crippen molar-refractivity contribution in [3.05, 3.63) is 66.1 Å². The molecule has 1 aromatic carbocycles. The van der Waals surface area contributed by atoms with Crippen LogP contribution >= 0.6 is 0 Å². The van der Waals surface area contributed by atoms with Crippen molar-refractivity contribution < 1.29 is 9.53 Å². The lowest BCUT2D eigenvalue weighted by molar-refractivity contribution is 0.102. The second kappa shape index (κ2) is 8.77. The quantitative estimate of drug-likeness (QED) is 0.700. The lowest BCUT2D eigenvalue weighted by Crippen LogP contribution is -2.47. The first-order valence-corrected chi connectivity index (χ1v) is 9.83. The molecule has 154 valence electrons. The zero-order chi connectivity index (χ0) is 20.9. The molecule has 0 radical (unpaired) electrons. The Kier molecular flexibility index (Phi) is 5.74. The summed E-state index contributed by atoms with van der Waals surface area (Å²) in [5, 5.41) is 2.86. The number of piperazine rings is 1. The molecule has 0 bridgehead atoms. The number of hydrogen-bond acceptors (Lipinski definition) is 7. The summed E-state index contributed by atoms with van der Waals surface area (Å²) in [5.41, 5.74) is 1.99. The van der Waals surface area contributed by atoms with Crippen molar-refractivity contribution in [1.82, 2.24) is 15.0 Å². The van der Waals surface area contributed by atoms with Crippen molar-refractivity contribution in [3.8, 4) is 5.75 Å². The number of carbonyl (C=O) groups is 1. The molecule has 0 atom stereocenters. The number of benzene rings is 1. The van der Waals surface area contributed by atoms with Gasteiger partial charge in [-0.1, -0.05) is 6.07 Å². The highest BCUT2D eigenvalue weighted by molar-refractivity contribution is 6.05. The van der Waals surface area contributed by atoms with Gasteiger partial charge in [-0.05, 0) is 42.8 Å². The molecule has 0 unspecified atom stereocenters. The molecule has 1 fully saturated rings. The SMILES string of the molecule is COc1ccc(C(=O)Nc2cnc(N3CCN(c4ccccn4)CC3)nc2)c(C)c1. The van der Waals surface area contributed by atoms with Gasteiger partial charge in [-0.15, -0.1) is 0 Å². The summed E-state index contributed by atoms with van der Waals surface area (Å²) < 4.78 is 5.19. The monoisotopic (exact) mass is 404 g/mol. The van der Waals surface area contributed by atoms with Crippen LogP contribution in [0.25, 0.3) is 0 Å². The van der Waals surface area contributed by atoms with Gasteiger partial charge in [0.05, 0.1) is 25.2 Å². The highest BCUT2D eigenvalue weighted by Crippen LogP contribution is 2.19. The van der Waals surface area contributed by atoms with Crippen LogP contribution in [-0.4, -0.2) is 54.1 Å². The number of amides is 1. The van der Waals surface area contributed by atoms with E-state index in [2.05, 4.69) is 30.1 Å². The van der Waals surface area contributed by atoms with E-state index in [0.717, 1.165) is 43.3 Å². The number of methoxy groups -OCH3 is 1. The number of carbonyl (C=O) groups excluding carboxylic acids is 1. The van der Waals surface area contributed by atoms with Crippen molar-refractivity contribution in [1.29, 1.82) is 0 Å². The van der Waals surface area contributed by atoms with E-state index in [9.17, 15) is 4.79 Å². The van der Waals surface area contributed by atoms with Gasteiger partial charge in [-0.2, -0.15) is 0 Å². The molecule has 30 heavy (non-hydrogen) atoms. The Labute approximate surface area is 175 Å². The molecule has 4 rings (SSSR count). The first-order chi connectivity index (χ1) is 14.6. The van der Waals surface area contributed by atoms with Crippen molar-refractivity contribution >= 4 is 23.4 Å². The van der Waals surface area contributed by atoms with Crippen LogP contribution in [0.15, 0.2) is 55.0 Å². The van der Waals surface area contributed by atoms with Gasteiger partial charge < -0.3 is 19.9 Å². The van der Waals surface area contributed by atoms with Crippen LogP contribution in [0.4, 0.5) is 17.5 Å². The minimum absolute atomic E-state index is 0.199. The molecule has 1 N–H and O–H groups in total. The number of hydrogen-bond donors (Lipinski definition) is 1. The Morgan fingerprint density at radius 2 is 1.73 bits per heavy atom. The van der Waals surface area contributed by atoms with E-state index in [1.807, 2.05) is 37.4 Å². The Bertz CT molecular complexity index is 1000. The van der Waals surface area contributed by atoms with Gasteiger partial charge in [0.25, 0.3) is 5.91 Å². The molecule has 3 heterocycles. The summed E-state index contributed by atoms with van der Waals surface area (Å²) in [6.07, 6.45) is 5.10. The smallest absolute Gasteiger partial charge is 0.256 e. The average molecular weight is 404 g/mol. The van der Waals surface area contributed by atoms with Gasteiger partial charge in [-0.3, -0.25) is 4.79 Å². The number of aryl methyl sites for hydroxylation is 1. The summed E-state index contributed by atoms with van der Waals surface area (Å²) >= 11 is 0. The molecule has 0 spiro atoms. The zero-order valence-corrected chi connectivity index (χ0v) is 17.1. The van der Waals surface area contributed by atoms with E-state index in [0.29, 0.717) is 17.2 Å². The first kappa shape index (κ1) is 19.6. The van der Waals surface area contributed by atoms with Crippen LogP contribution < -0.4 is 19.9 Å². The lowest BCUT2D eigenvalue weighted by Gasteiger charge is -2.35. The van der Waals surface area contributed by atoms with Gasteiger partial charge in [0.15, 0.2) is 0 Å². The van der Waals surface area contributed by atoms with Crippen LogP contribution in [0.3, 0.4) is 0 Å². The second-order valence-corrected chi connectivity index (χ2v) is 7.07. The lowest BCUT2D eigenvalue weighted by atomic mass is 10.1. The Balaban J connectivity index is 1.36. The highest BCUT2D eigenvalue weighted by atomic mass is 16.5. The fourth-order valence-corrected chi connectivity index (χ4v) is 3.44. The molecule has 2 aromatic heterocycles. The molecule has 1 amide bonds. The maximum absolute atomic E-state index is 12.6. The van der Waals surface area contributed by atoms with E-state index < -0.39 is 0 Å². The largest absolute Gasteiger partial charge is 0.497 e. The molecule has 0 aliphatic carbocycles. The van der Waals surface area contributed by atoms with Crippen molar-refractivity contribution in [2.24, 2.45) is 0 Å². The number of rotatable bonds is 5. The maximum Gasteiger partial charge on any atom is 0.256 e. The molecule has 0 saturated carbocycles. The van der Waals surface area contributed by atoms with Crippen molar-refractivity contribution in [3.63, 3.8) is 0 Å². The van der Waals surface area contributed by atoms with Crippen LogP contribution in [0.5, 0.6) is 5.75 Å². The van der Waals surface area contributed by atoms with Gasteiger partial charge in [0, 0.05) is 37.9 Å². The van der Waals surface area contributed by atoms with Gasteiger partial charge in [-0.25, -0.2) is 15.0 Å². The summed E-state index contributed by atoms with van der Waals surface area (Å²) in [6, 6.07) is 11.3. The third kappa shape index (κ3) is 4.32. The number of nitrogens with zero attached hydrogens (tertiary/aromatic N) is 5. The Morgan fingerprint density at radius 3 is 2.37 bits per heavy atom. The number of nitrogens with one attached hydrogen (secondary N) is 1. The molecule has 3 aromatic rings. The third-order valence-electron chi connectivity index (χ3n) is 5.11. The molecule has 8 heteroatoms. The first-order valence-electron chi connectivity index (χ1n) is 9.83. The molecule has 1 saturated heterocycles. The maximum atomic E-state index is 12.6. The topological polar surface area (TPSA) is 83.5 Å². The number of aromatic nitrogens is 3. The summed E-state index contributed by atoms with van der Waals surface area (Å²) in [6.45, 7) is 5.22. The molecular formula is C22H24N6O2. The summed E-state index contributed by atoms with van der Waals surface area (Å²) in [5.74, 6) is 2.18. The van der Waals surface area contributed by atoms with E-state index in [-0.39, 0.29) is 5.91 Å². The zero-order valence-electron chi connectivity index (χ0n) is 17.1. The molecular weight excluding hydrogens is 380 g/mol. The van der Waals surface area contributed by atoms with E-state index in [1.165, 1.54) is 0 Å². The Morgan fingerprint density at radius 1 is 1.00 bits per heavy atom. The summed E-state index contributed by atoms with van der Waals surface area (Å²) in [4.78, 5) is 30.2. The van der Waals surface area contributed by atoms with Gasteiger partial charge >= 0.3 is 0 Å². The summed E-state index contributed by atoms with van der Waals surface area (Å²) in [7, 11) is 1.60. The van der Waals surface area contributed by atoms with Crippen LogP contribution in [0.2, 0.25) is 0 Å². The fourth-order valence-electron chi connectivity index (χ4n) is 3.44. The minimum atomic E-state index is -0.199. The second-order valence-electron chi connectivity index (χ2n) is 7.07. The normalized spacial score (nSPS) is 13.8. The number of anilines is 3. The average Bonchev–Trinajstić information content (AvgIpc) is 2.80. The molecule has 1 aliphatic rings. The minimum Gasteiger partial charge on any atom is -0.497 e. The predicted octanol–water partition coefficient (Wildman–Crippen LogP) is 2.77. The molecule has 1 aliphatic heterocycles. The third-order valence-corrected chi connectivity index (χ3v) is 5.11. The van der Waals surface area contributed by atoms with Crippen LogP contribution in [0.1, 0.15) is 15.9 Å². The number of ether oxygens (including phenoxy) is 1. The van der Waals surface area contributed by atoms with Crippen molar-refractivity contribution in [2.45, 2.75) is 6.92 Å². The predicted molar refractivity (Wildman–Crippen MR) is 116 cm³/mol. The molecule has 8 nitrogen and oxygen atoms in total. The van der Waals surface area contributed by atoms with E-state index in [4.69, 9.17) is 4.74 Å². The highest BCUT2D eigenvalue weighted by Gasteiger charge is 2.20. The Hall–Kier alpha value is -3.68. The van der Waals surface area contributed by atoms with Crippen LogP contribution in [-0.2, 0) is 0 Å². The van der Waals surface area contributed by atoms with E-state index >= 15 is 0 Å². The number of pyridine rings is 1. The van der Waals surface area contributed by atoms with Crippen molar-refractivity contribution in [2.75, 3.05) is 48.4 Å². The van der Waals surface area contributed by atoms with Gasteiger partial charge in [0.1, 0.15) is 11.6 Å². The fraction of sp³-hybridized carbons (Fsp3) is 0.273. The standard InChI is InChI=1S/C22H24N6O2/c1-16-13-18(30-2)6-7-19(16)21(29)26-17-14-24-22(25-15-17)28-11-9-27(10-12-28)20-5-3-4-8-23-20/h3-8,13-15H,9-12H2,1-2H3,(H,26,29). The van der Waals surface area contributed by atoms with Gasteiger partial charge in [0.2, 0.25) is 5.95 Å². The van der Waals surface area contributed by atoms with Crippen LogP contribution in [0, 0.1) is 6.92 Å². The van der Waals surface area contributed by atoms with E-state index in [1.54, 1.807) is 31.6 Å².